The maximum absolute atomic E-state index is 11.4. The number of rotatable bonds is 5. The molecule has 0 aliphatic rings. The molecule has 1 atom stereocenters. The first-order valence-electron chi connectivity index (χ1n) is 6.30. The Morgan fingerprint density at radius 3 is 2.12 bits per heavy atom. The Bertz CT molecular complexity index is 352. The Hall–Kier alpha value is -1.31. The molecule has 94 valence electrons. The summed E-state index contributed by atoms with van der Waals surface area (Å²) in [7, 11) is 0. The van der Waals surface area contributed by atoms with Crippen molar-refractivity contribution in [2.45, 2.75) is 46.0 Å². The molecule has 0 saturated heterocycles. The molecule has 1 rings (SSSR count). The van der Waals surface area contributed by atoms with E-state index in [0.29, 0.717) is 18.9 Å². The van der Waals surface area contributed by atoms with Crippen LogP contribution in [0.4, 0.5) is 0 Å². The van der Waals surface area contributed by atoms with Crippen molar-refractivity contribution >= 4 is 5.97 Å². The van der Waals surface area contributed by atoms with Gasteiger partial charge in [0, 0.05) is 0 Å². The highest BCUT2D eigenvalue weighted by molar-refractivity contribution is 5.70. The van der Waals surface area contributed by atoms with Crippen molar-refractivity contribution in [1.82, 2.24) is 0 Å². The summed E-state index contributed by atoms with van der Waals surface area (Å²) in [6.45, 7) is 8.70. The van der Waals surface area contributed by atoms with Gasteiger partial charge in [0.2, 0.25) is 0 Å². The van der Waals surface area contributed by atoms with Crippen LogP contribution in [-0.2, 0) is 9.53 Å². The lowest BCUT2D eigenvalue weighted by Gasteiger charge is -2.12. The normalized spacial score (nSPS) is 12.5. The van der Waals surface area contributed by atoms with Gasteiger partial charge >= 0.3 is 5.97 Å². The van der Waals surface area contributed by atoms with Crippen molar-refractivity contribution in [2.75, 3.05) is 6.61 Å². The lowest BCUT2D eigenvalue weighted by atomic mass is 9.94. The highest BCUT2D eigenvalue weighted by atomic mass is 16.5. The Balaban J connectivity index is 2.63. The first kappa shape index (κ1) is 13.8. The van der Waals surface area contributed by atoms with Gasteiger partial charge in [0.25, 0.3) is 0 Å². The molecule has 0 spiro atoms. The van der Waals surface area contributed by atoms with Gasteiger partial charge in [-0.1, -0.05) is 45.0 Å². The van der Waals surface area contributed by atoms with Crippen LogP contribution < -0.4 is 0 Å². The average molecular weight is 234 g/mol. The largest absolute Gasteiger partial charge is 0.466 e. The van der Waals surface area contributed by atoms with Crippen molar-refractivity contribution in [3.05, 3.63) is 35.4 Å². The molecular weight excluding hydrogens is 212 g/mol. The molecule has 0 aromatic heterocycles. The van der Waals surface area contributed by atoms with E-state index in [9.17, 15) is 4.79 Å². The molecule has 0 aliphatic carbocycles. The molecule has 1 unspecified atom stereocenters. The zero-order valence-electron chi connectivity index (χ0n) is 11.2. The highest BCUT2D eigenvalue weighted by Gasteiger charge is 2.12. The monoisotopic (exact) mass is 234 g/mol. The van der Waals surface area contributed by atoms with E-state index in [1.807, 2.05) is 6.92 Å². The molecule has 0 heterocycles. The van der Waals surface area contributed by atoms with Gasteiger partial charge in [-0.05, 0) is 29.9 Å². The fraction of sp³-hybridized carbons (Fsp3) is 0.533. The molecule has 0 saturated carbocycles. The van der Waals surface area contributed by atoms with Crippen molar-refractivity contribution in [2.24, 2.45) is 0 Å². The lowest BCUT2D eigenvalue weighted by Crippen LogP contribution is -2.08. The predicted molar refractivity (Wildman–Crippen MR) is 70.2 cm³/mol. The van der Waals surface area contributed by atoms with Crippen LogP contribution in [0.15, 0.2) is 24.3 Å². The molecule has 2 heteroatoms. The molecular formula is C15H22O2. The van der Waals surface area contributed by atoms with E-state index >= 15 is 0 Å². The third-order valence-corrected chi connectivity index (χ3v) is 2.95. The van der Waals surface area contributed by atoms with Crippen LogP contribution in [0.5, 0.6) is 0 Å². The molecule has 0 N–H and O–H groups in total. The van der Waals surface area contributed by atoms with Gasteiger partial charge in [0.1, 0.15) is 0 Å². The van der Waals surface area contributed by atoms with Crippen molar-refractivity contribution in [3.8, 4) is 0 Å². The van der Waals surface area contributed by atoms with E-state index in [4.69, 9.17) is 4.74 Å². The molecule has 2 nitrogen and oxygen atoms in total. The minimum Gasteiger partial charge on any atom is -0.466 e. The van der Waals surface area contributed by atoms with Crippen molar-refractivity contribution in [1.29, 1.82) is 0 Å². The van der Waals surface area contributed by atoms with Crippen LogP contribution in [0.1, 0.15) is 57.1 Å². The molecule has 0 amide bonds. The van der Waals surface area contributed by atoms with Gasteiger partial charge in [0.05, 0.1) is 13.0 Å². The number of carbonyl (C=O) groups excluding carboxylic acids is 1. The first-order valence-corrected chi connectivity index (χ1v) is 6.30. The summed E-state index contributed by atoms with van der Waals surface area (Å²) in [5.74, 6) is 0.646. The maximum Gasteiger partial charge on any atom is 0.306 e. The van der Waals surface area contributed by atoms with E-state index in [0.717, 1.165) is 0 Å². The number of ether oxygens (including phenoxy) is 1. The minimum absolute atomic E-state index is 0.118. The van der Waals surface area contributed by atoms with Crippen LogP contribution in [0, 0.1) is 0 Å². The number of carbonyl (C=O) groups is 1. The van der Waals surface area contributed by atoms with Gasteiger partial charge in [-0.2, -0.15) is 0 Å². The Morgan fingerprint density at radius 2 is 1.65 bits per heavy atom. The molecule has 0 fully saturated rings. The highest BCUT2D eigenvalue weighted by Crippen LogP contribution is 2.22. The summed E-state index contributed by atoms with van der Waals surface area (Å²) in [5.41, 5.74) is 2.53. The van der Waals surface area contributed by atoms with E-state index in [1.165, 1.54) is 11.1 Å². The SMILES string of the molecule is CCOC(=O)CC(C)c1ccc(C(C)C)cc1. The van der Waals surface area contributed by atoms with Crippen LogP contribution in [-0.4, -0.2) is 12.6 Å². The van der Waals surface area contributed by atoms with Crippen LogP contribution >= 0.6 is 0 Å². The van der Waals surface area contributed by atoms with E-state index in [-0.39, 0.29) is 11.9 Å². The Morgan fingerprint density at radius 1 is 1.12 bits per heavy atom. The van der Waals surface area contributed by atoms with Crippen molar-refractivity contribution in [3.63, 3.8) is 0 Å². The molecule has 0 bridgehead atoms. The predicted octanol–water partition coefficient (Wildman–Crippen LogP) is 3.87. The minimum atomic E-state index is -0.118. The summed E-state index contributed by atoms with van der Waals surface area (Å²) < 4.78 is 4.96. The molecule has 0 radical (unpaired) electrons. The standard InChI is InChI=1S/C15H22O2/c1-5-17-15(16)10-12(4)14-8-6-13(7-9-14)11(2)3/h6-9,11-12H,5,10H2,1-4H3. The lowest BCUT2D eigenvalue weighted by molar-refractivity contribution is -0.143. The van der Waals surface area contributed by atoms with Gasteiger partial charge < -0.3 is 4.74 Å². The van der Waals surface area contributed by atoms with E-state index in [2.05, 4.69) is 45.0 Å². The smallest absolute Gasteiger partial charge is 0.306 e. The van der Waals surface area contributed by atoms with Gasteiger partial charge in [-0.3, -0.25) is 4.79 Å². The summed E-state index contributed by atoms with van der Waals surface area (Å²) in [4.78, 5) is 11.4. The second-order valence-corrected chi connectivity index (χ2v) is 4.73. The zero-order chi connectivity index (χ0) is 12.8. The fourth-order valence-electron chi connectivity index (χ4n) is 1.80. The van der Waals surface area contributed by atoms with Gasteiger partial charge in [0.15, 0.2) is 0 Å². The quantitative estimate of drug-likeness (QED) is 0.723. The number of hydrogen-bond acceptors (Lipinski definition) is 2. The summed E-state index contributed by atoms with van der Waals surface area (Å²) >= 11 is 0. The second kappa shape index (κ2) is 6.43. The van der Waals surface area contributed by atoms with Crippen molar-refractivity contribution < 1.29 is 9.53 Å². The Kier molecular flexibility index (Phi) is 5.20. The molecule has 1 aromatic rings. The fourth-order valence-corrected chi connectivity index (χ4v) is 1.80. The third kappa shape index (κ3) is 4.22. The van der Waals surface area contributed by atoms with Gasteiger partial charge in [-0.25, -0.2) is 0 Å². The molecule has 0 aliphatic heterocycles. The number of esters is 1. The molecule has 17 heavy (non-hydrogen) atoms. The third-order valence-electron chi connectivity index (χ3n) is 2.95. The summed E-state index contributed by atoms with van der Waals surface area (Å²) in [6.07, 6.45) is 0.453. The van der Waals surface area contributed by atoms with Gasteiger partial charge in [-0.15, -0.1) is 0 Å². The van der Waals surface area contributed by atoms with E-state index < -0.39 is 0 Å². The zero-order valence-corrected chi connectivity index (χ0v) is 11.2. The number of benzene rings is 1. The topological polar surface area (TPSA) is 26.3 Å². The number of hydrogen-bond donors (Lipinski definition) is 0. The summed E-state index contributed by atoms with van der Waals surface area (Å²) in [6, 6.07) is 8.50. The van der Waals surface area contributed by atoms with Crippen LogP contribution in [0.2, 0.25) is 0 Å². The summed E-state index contributed by atoms with van der Waals surface area (Å²) in [5, 5.41) is 0. The molecule has 1 aromatic carbocycles. The second-order valence-electron chi connectivity index (χ2n) is 4.73. The van der Waals surface area contributed by atoms with Crippen LogP contribution in [0.3, 0.4) is 0 Å². The average Bonchev–Trinajstić information content (AvgIpc) is 2.29. The first-order chi connectivity index (χ1) is 8.04. The Labute approximate surface area is 104 Å². The van der Waals surface area contributed by atoms with E-state index in [1.54, 1.807) is 0 Å². The maximum atomic E-state index is 11.4. The van der Waals surface area contributed by atoms with Crippen LogP contribution in [0.25, 0.3) is 0 Å².